The maximum absolute atomic E-state index is 13.1. The lowest BCUT2D eigenvalue weighted by Gasteiger charge is -2.29. The Balaban J connectivity index is 2.00. The number of dihydropyridines is 1. The highest BCUT2D eigenvalue weighted by Crippen LogP contribution is 2.36. The van der Waals surface area contributed by atoms with Crippen LogP contribution in [0.15, 0.2) is 35.3 Å². The first-order chi connectivity index (χ1) is 14.1. The SMILES string of the molecule is CCNC(=O)c1cc(Cl)cc(Cl)c1NC(=O)c1cc(Cl)nn1C1N=CC=CC1(C)Cl. The summed E-state index contributed by atoms with van der Waals surface area (Å²) in [5, 5.41) is 9.94. The molecule has 30 heavy (non-hydrogen) atoms. The third-order valence-electron chi connectivity index (χ3n) is 4.29. The van der Waals surface area contributed by atoms with Crippen molar-refractivity contribution in [2.45, 2.75) is 24.9 Å². The monoisotopic (exact) mass is 487 g/mol. The number of rotatable bonds is 5. The van der Waals surface area contributed by atoms with Crippen molar-refractivity contribution in [3.63, 3.8) is 0 Å². The molecule has 0 saturated carbocycles. The number of nitrogens with zero attached hydrogens (tertiary/aromatic N) is 3. The molecule has 2 atom stereocenters. The molecule has 1 aromatic carbocycles. The average molecular weight is 489 g/mol. The number of aromatic nitrogens is 2. The van der Waals surface area contributed by atoms with Gasteiger partial charge in [-0.3, -0.25) is 14.6 Å². The molecule has 0 saturated heterocycles. The number of halogens is 4. The van der Waals surface area contributed by atoms with Gasteiger partial charge in [0, 0.05) is 23.8 Å². The summed E-state index contributed by atoms with van der Waals surface area (Å²) in [6.45, 7) is 3.90. The standard InChI is InChI=1S/C19H17Cl4N5O2/c1-3-24-16(29)11-7-10(20)8-12(21)15(11)26-17(30)13-9-14(22)27-28(13)18-19(2,23)5-4-6-25-18/h4-9,18H,3H2,1-2H3,(H,24,29)(H,26,30). The van der Waals surface area contributed by atoms with Gasteiger partial charge in [0.1, 0.15) is 10.6 Å². The summed E-state index contributed by atoms with van der Waals surface area (Å²) in [6.07, 6.45) is 4.31. The minimum Gasteiger partial charge on any atom is -0.352 e. The van der Waals surface area contributed by atoms with E-state index < -0.39 is 22.9 Å². The minimum atomic E-state index is -0.927. The Bertz CT molecular complexity index is 1060. The van der Waals surface area contributed by atoms with E-state index in [-0.39, 0.29) is 32.1 Å². The van der Waals surface area contributed by atoms with Crippen LogP contribution in [0.5, 0.6) is 0 Å². The molecule has 1 aromatic heterocycles. The van der Waals surface area contributed by atoms with Gasteiger partial charge in [-0.15, -0.1) is 11.6 Å². The van der Waals surface area contributed by atoms with Gasteiger partial charge in [-0.2, -0.15) is 5.10 Å². The van der Waals surface area contributed by atoms with Crippen LogP contribution in [0.25, 0.3) is 0 Å². The molecule has 158 valence electrons. The van der Waals surface area contributed by atoms with Crippen molar-refractivity contribution in [2.24, 2.45) is 4.99 Å². The molecule has 2 aromatic rings. The number of amides is 2. The molecule has 0 spiro atoms. The highest BCUT2D eigenvalue weighted by atomic mass is 35.5. The number of alkyl halides is 1. The Hall–Kier alpha value is -2.06. The molecule has 1 aliphatic heterocycles. The van der Waals surface area contributed by atoms with Crippen molar-refractivity contribution in [3.8, 4) is 0 Å². The fourth-order valence-electron chi connectivity index (χ4n) is 2.93. The molecule has 2 amide bonds. The zero-order chi connectivity index (χ0) is 22.1. The maximum atomic E-state index is 13.1. The molecule has 0 radical (unpaired) electrons. The molecule has 7 nitrogen and oxygen atoms in total. The number of carbonyl (C=O) groups is 2. The third kappa shape index (κ3) is 4.64. The number of nitrogens with one attached hydrogen (secondary N) is 2. The van der Waals surface area contributed by atoms with E-state index in [1.807, 2.05) is 0 Å². The largest absolute Gasteiger partial charge is 0.352 e. The Morgan fingerprint density at radius 2 is 1.93 bits per heavy atom. The summed E-state index contributed by atoms with van der Waals surface area (Å²) in [7, 11) is 0. The summed E-state index contributed by atoms with van der Waals surface area (Å²) in [5.74, 6) is -1.03. The van der Waals surface area contributed by atoms with Crippen LogP contribution in [0.1, 0.15) is 40.9 Å². The quantitative estimate of drug-likeness (QED) is 0.581. The molecule has 1 aliphatic rings. The van der Waals surface area contributed by atoms with Gasteiger partial charge in [-0.05, 0) is 32.1 Å². The van der Waals surface area contributed by atoms with E-state index >= 15 is 0 Å². The van der Waals surface area contributed by atoms with Crippen LogP contribution in [0, 0.1) is 0 Å². The van der Waals surface area contributed by atoms with Crippen molar-refractivity contribution in [1.29, 1.82) is 0 Å². The third-order valence-corrected chi connectivity index (χ3v) is 5.31. The lowest BCUT2D eigenvalue weighted by molar-refractivity contribution is 0.0956. The average Bonchev–Trinajstić information content (AvgIpc) is 3.04. The molecule has 3 rings (SSSR count). The molecule has 2 unspecified atom stereocenters. The van der Waals surface area contributed by atoms with Gasteiger partial charge in [0.25, 0.3) is 11.8 Å². The van der Waals surface area contributed by atoms with Crippen LogP contribution in [0.3, 0.4) is 0 Å². The van der Waals surface area contributed by atoms with Crippen molar-refractivity contribution in [2.75, 3.05) is 11.9 Å². The number of aliphatic imine (C=N–C) groups is 1. The van der Waals surface area contributed by atoms with Crippen molar-refractivity contribution in [1.82, 2.24) is 15.1 Å². The second kappa shape index (κ2) is 8.98. The van der Waals surface area contributed by atoms with E-state index in [1.54, 1.807) is 32.2 Å². The molecule has 11 heteroatoms. The Labute approximate surface area is 193 Å². The van der Waals surface area contributed by atoms with E-state index in [1.165, 1.54) is 22.9 Å². The number of hydrogen-bond acceptors (Lipinski definition) is 4. The van der Waals surface area contributed by atoms with Crippen LogP contribution < -0.4 is 10.6 Å². The van der Waals surface area contributed by atoms with Gasteiger partial charge in [-0.1, -0.05) is 40.9 Å². The van der Waals surface area contributed by atoms with Crippen LogP contribution in [-0.2, 0) is 0 Å². The second-order valence-corrected chi connectivity index (χ2v) is 8.65. The molecule has 0 aliphatic carbocycles. The summed E-state index contributed by atoms with van der Waals surface area (Å²) >= 11 is 24.9. The Morgan fingerprint density at radius 1 is 1.20 bits per heavy atom. The predicted molar refractivity (Wildman–Crippen MR) is 121 cm³/mol. The molecule has 2 heterocycles. The van der Waals surface area contributed by atoms with Gasteiger partial charge in [-0.25, -0.2) is 4.68 Å². The smallest absolute Gasteiger partial charge is 0.274 e. The van der Waals surface area contributed by atoms with E-state index in [0.29, 0.717) is 6.54 Å². The van der Waals surface area contributed by atoms with E-state index in [2.05, 4.69) is 20.7 Å². The summed E-state index contributed by atoms with van der Waals surface area (Å²) < 4.78 is 1.33. The first kappa shape index (κ1) is 22.6. The minimum absolute atomic E-state index is 0.0866. The second-order valence-electron chi connectivity index (χ2n) is 6.60. The van der Waals surface area contributed by atoms with Crippen LogP contribution in [0.4, 0.5) is 5.69 Å². The number of benzene rings is 1. The van der Waals surface area contributed by atoms with Gasteiger partial charge in [0.05, 0.1) is 16.3 Å². The van der Waals surface area contributed by atoms with Gasteiger partial charge in [0.15, 0.2) is 11.3 Å². The number of hydrogen-bond donors (Lipinski definition) is 2. The van der Waals surface area contributed by atoms with E-state index in [9.17, 15) is 9.59 Å². The first-order valence-electron chi connectivity index (χ1n) is 8.87. The Kier molecular flexibility index (Phi) is 6.77. The number of anilines is 1. The van der Waals surface area contributed by atoms with Gasteiger partial charge in [0.2, 0.25) is 0 Å². The highest BCUT2D eigenvalue weighted by Gasteiger charge is 2.35. The zero-order valence-electron chi connectivity index (χ0n) is 15.9. The normalized spacial score (nSPS) is 20.3. The maximum Gasteiger partial charge on any atom is 0.274 e. The molecule has 0 bridgehead atoms. The summed E-state index contributed by atoms with van der Waals surface area (Å²) in [4.78, 5) is 28.9. The molecule has 0 fully saturated rings. The summed E-state index contributed by atoms with van der Waals surface area (Å²) in [5.41, 5.74) is 0.333. The Morgan fingerprint density at radius 3 is 2.60 bits per heavy atom. The predicted octanol–water partition coefficient (Wildman–Crippen LogP) is 4.98. The van der Waals surface area contributed by atoms with Crippen LogP contribution in [0.2, 0.25) is 15.2 Å². The lowest BCUT2D eigenvalue weighted by atomic mass is 10.1. The fourth-order valence-corrected chi connectivity index (χ4v) is 3.88. The van der Waals surface area contributed by atoms with Crippen molar-refractivity contribution >= 4 is 70.1 Å². The topological polar surface area (TPSA) is 88.4 Å². The van der Waals surface area contributed by atoms with E-state index in [0.717, 1.165) is 0 Å². The molecular formula is C19H17Cl4N5O2. The van der Waals surface area contributed by atoms with Gasteiger partial charge < -0.3 is 10.6 Å². The van der Waals surface area contributed by atoms with Crippen molar-refractivity contribution in [3.05, 3.63) is 56.8 Å². The molecular weight excluding hydrogens is 472 g/mol. The lowest BCUT2D eigenvalue weighted by Crippen LogP contribution is -2.33. The van der Waals surface area contributed by atoms with Gasteiger partial charge >= 0.3 is 0 Å². The number of carbonyl (C=O) groups excluding carboxylic acids is 2. The van der Waals surface area contributed by atoms with Crippen LogP contribution in [-0.4, -0.2) is 39.2 Å². The zero-order valence-corrected chi connectivity index (χ0v) is 18.9. The fraction of sp³-hybridized carbons (Fsp3) is 0.263. The first-order valence-corrected chi connectivity index (χ1v) is 10.4. The highest BCUT2D eigenvalue weighted by molar-refractivity contribution is 6.38. The number of allylic oxidation sites excluding steroid dienone is 1. The summed E-state index contributed by atoms with van der Waals surface area (Å²) in [6, 6.07) is 4.23. The van der Waals surface area contributed by atoms with Crippen LogP contribution >= 0.6 is 46.4 Å². The molecule has 2 N–H and O–H groups in total. The van der Waals surface area contributed by atoms with E-state index in [4.69, 9.17) is 46.4 Å². The van der Waals surface area contributed by atoms with Crippen molar-refractivity contribution < 1.29 is 9.59 Å².